The Labute approximate surface area is 114 Å². The van der Waals surface area contributed by atoms with Crippen LogP contribution < -0.4 is 16.8 Å². The first-order valence-electron chi connectivity index (χ1n) is 5.11. The van der Waals surface area contributed by atoms with E-state index in [0.29, 0.717) is 6.07 Å². The Bertz CT molecular complexity index is 498. The van der Waals surface area contributed by atoms with E-state index in [2.05, 4.69) is 5.32 Å². The van der Waals surface area contributed by atoms with Gasteiger partial charge < -0.3 is 16.8 Å². The molecule has 0 bridgehead atoms. The van der Waals surface area contributed by atoms with Gasteiger partial charge in [-0.3, -0.25) is 14.9 Å². The van der Waals surface area contributed by atoms with Crippen molar-refractivity contribution >= 4 is 29.7 Å². The third kappa shape index (κ3) is 4.04. The Hall–Kier alpha value is -1.93. The Balaban J connectivity index is 0.00000324. The number of nitrogens with one attached hydrogen (secondary N) is 1. The highest BCUT2D eigenvalue weighted by molar-refractivity contribution is 6.01. The van der Waals surface area contributed by atoms with Gasteiger partial charge in [0.15, 0.2) is 0 Å². The van der Waals surface area contributed by atoms with E-state index in [4.69, 9.17) is 11.5 Å². The molecule has 19 heavy (non-hydrogen) atoms. The fourth-order valence-corrected chi connectivity index (χ4v) is 1.30. The van der Waals surface area contributed by atoms with Crippen molar-refractivity contribution in [2.45, 2.75) is 13.0 Å². The van der Waals surface area contributed by atoms with E-state index >= 15 is 0 Å². The van der Waals surface area contributed by atoms with Gasteiger partial charge in [-0.15, -0.1) is 12.4 Å². The van der Waals surface area contributed by atoms with Crippen molar-refractivity contribution in [3.8, 4) is 0 Å². The first kappa shape index (κ1) is 17.1. The molecule has 1 rings (SSSR count). The number of anilines is 1. The highest BCUT2D eigenvalue weighted by Gasteiger charge is 2.22. The molecule has 1 aromatic rings. The molecule has 7 nitrogen and oxygen atoms in total. The molecule has 0 fully saturated rings. The van der Waals surface area contributed by atoms with Crippen LogP contribution in [-0.4, -0.2) is 23.4 Å². The minimum Gasteiger partial charge on any atom is -0.393 e. The second-order valence-electron chi connectivity index (χ2n) is 3.75. The Morgan fingerprint density at radius 1 is 1.58 bits per heavy atom. The fourth-order valence-electron chi connectivity index (χ4n) is 1.30. The number of nitrogens with two attached hydrogens (primary N) is 2. The summed E-state index contributed by atoms with van der Waals surface area (Å²) in [6.45, 7) is 1.82. The normalized spacial score (nSPS) is 11.3. The highest BCUT2D eigenvalue weighted by Crippen LogP contribution is 2.26. The minimum atomic E-state index is -0.901. The van der Waals surface area contributed by atoms with Crippen molar-refractivity contribution in [2.75, 3.05) is 12.3 Å². The molecule has 0 aliphatic rings. The average Bonchev–Trinajstić information content (AvgIpc) is 2.30. The average molecular weight is 293 g/mol. The second-order valence-corrected chi connectivity index (χ2v) is 3.75. The van der Waals surface area contributed by atoms with Crippen molar-refractivity contribution < 1.29 is 14.1 Å². The zero-order valence-corrected chi connectivity index (χ0v) is 10.9. The molecule has 0 unspecified atom stereocenters. The molecule has 0 heterocycles. The second kappa shape index (κ2) is 6.86. The molecule has 1 atom stereocenters. The van der Waals surface area contributed by atoms with Gasteiger partial charge in [0.05, 0.1) is 16.6 Å². The minimum absolute atomic E-state index is 0. The van der Waals surface area contributed by atoms with Gasteiger partial charge in [0.1, 0.15) is 11.5 Å². The van der Waals surface area contributed by atoms with E-state index in [9.17, 15) is 19.3 Å². The summed E-state index contributed by atoms with van der Waals surface area (Å²) in [5.41, 5.74) is 9.50. The standard InChI is InChI=1S/C10H13FN4O3.ClH/c1-5(4-12)14-10(16)7-2-6(11)3-8(9(7)13)15(17)18;/h2-3,5H,4,12-13H2,1H3,(H,14,16);1H/t5-;/m0./s1. The lowest BCUT2D eigenvalue weighted by Crippen LogP contribution is -2.38. The van der Waals surface area contributed by atoms with Crippen LogP contribution in [0.15, 0.2) is 12.1 Å². The van der Waals surface area contributed by atoms with E-state index in [1.165, 1.54) is 0 Å². The van der Waals surface area contributed by atoms with Gasteiger partial charge in [0.2, 0.25) is 0 Å². The number of hydrogen-bond acceptors (Lipinski definition) is 5. The molecule has 0 radical (unpaired) electrons. The van der Waals surface area contributed by atoms with Crippen LogP contribution in [0.5, 0.6) is 0 Å². The number of amides is 1. The lowest BCUT2D eigenvalue weighted by molar-refractivity contribution is -0.384. The highest BCUT2D eigenvalue weighted by atomic mass is 35.5. The number of carbonyl (C=O) groups excluding carboxylic acids is 1. The maximum atomic E-state index is 13.2. The summed E-state index contributed by atoms with van der Waals surface area (Å²) in [7, 11) is 0. The lowest BCUT2D eigenvalue weighted by Gasteiger charge is -2.12. The van der Waals surface area contributed by atoms with Crippen molar-refractivity contribution in [1.82, 2.24) is 5.32 Å². The molecule has 0 spiro atoms. The molecule has 1 aromatic carbocycles. The lowest BCUT2D eigenvalue weighted by atomic mass is 10.1. The van der Waals surface area contributed by atoms with Gasteiger partial charge in [-0.1, -0.05) is 0 Å². The van der Waals surface area contributed by atoms with Crippen LogP contribution in [0, 0.1) is 15.9 Å². The predicted molar refractivity (Wildman–Crippen MR) is 70.7 cm³/mol. The van der Waals surface area contributed by atoms with E-state index < -0.39 is 22.3 Å². The smallest absolute Gasteiger partial charge is 0.295 e. The summed E-state index contributed by atoms with van der Waals surface area (Å²) in [6.07, 6.45) is 0. The van der Waals surface area contributed by atoms with Crippen molar-refractivity contribution in [3.05, 3.63) is 33.6 Å². The Kier molecular flexibility index (Phi) is 6.16. The molecule has 106 valence electrons. The van der Waals surface area contributed by atoms with Gasteiger partial charge in [-0.25, -0.2) is 4.39 Å². The van der Waals surface area contributed by atoms with Gasteiger partial charge in [-0.2, -0.15) is 0 Å². The maximum absolute atomic E-state index is 13.2. The SMILES string of the molecule is C[C@@H](CN)NC(=O)c1cc(F)cc([N+](=O)[O-])c1N.Cl. The van der Waals surface area contributed by atoms with Crippen molar-refractivity contribution in [2.24, 2.45) is 5.73 Å². The molecule has 5 N–H and O–H groups in total. The topological polar surface area (TPSA) is 124 Å². The van der Waals surface area contributed by atoms with Crippen LogP contribution in [0.25, 0.3) is 0 Å². The number of nitro benzene ring substituents is 1. The van der Waals surface area contributed by atoms with E-state index in [1.807, 2.05) is 0 Å². The van der Waals surface area contributed by atoms with E-state index in [-0.39, 0.29) is 36.2 Å². The monoisotopic (exact) mass is 292 g/mol. The van der Waals surface area contributed by atoms with Crippen molar-refractivity contribution in [3.63, 3.8) is 0 Å². The van der Waals surface area contributed by atoms with Crippen LogP contribution in [0.4, 0.5) is 15.8 Å². The zero-order chi connectivity index (χ0) is 13.9. The number of rotatable bonds is 4. The molecular formula is C10H14ClFN4O3. The molecule has 0 saturated heterocycles. The summed E-state index contributed by atoms with van der Waals surface area (Å²) in [6, 6.07) is 1.17. The number of nitrogen functional groups attached to an aromatic ring is 1. The molecule has 0 saturated carbocycles. The number of hydrogen-bond donors (Lipinski definition) is 3. The Morgan fingerprint density at radius 2 is 2.16 bits per heavy atom. The molecular weight excluding hydrogens is 279 g/mol. The summed E-state index contributed by atoms with van der Waals surface area (Å²) < 4.78 is 13.2. The molecule has 1 amide bonds. The van der Waals surface area contributed by atoms with E-state index in [0.717, 1.165) is 6.07 Å². The third-order valence-electron chi connectivity index (χ3n) is 2.30. The summed E-state index contributed by atoms with van der Waals surface area (Å²) >= 11 is 0. The van der Waals surface area contributed by atoms with Gasteiger partial charge in [0, 0.05) is 12.6 Å². The number of nitro groups is 1. The number of carbonyl (C=O) groups is 1. The van der Waals surface area contributed by atoms with Crippen LogP contribution in [-0.2, 0) is 0 Å². The molecule has 0 aromatic heterocycles. The van der Waals surface area contributed by atoms with Gasteiger partial charge in [-0.05, 0) is 13.0 Å². The van der Waals surface area contributed by atoms with Crippen LogP contribution >= 0.6 is 12.4 Å². The largest absolute Gasteiger partial charge is 0.393 e. The first-order chi connectivity index (χ1) is 8.36. The number of nitrogens with zero attached hydrogens (tertiary/aromatic N) is 1. The predicted octanol–water partition coefficient (Wildman–Crippen LogP) is 0.815. The van der Waals surface area contributed by atoms with Crippen molar-refractivity contribution in [1.29, 1.82) is 0 Å². The van der Waals surface area contributed by atoms with Crippen LogP contribution in [0.1, 0.15) is 17.3 Å². The molecule has 0 aliphatic heterocycles. The molecule has 9 heteroatoms. The molecule has 0 aliphatic carbocycles. The Morgan fingerprint density at radius 3 is 2.63 bits per heavy atom. The first-order valence-corrected chi connectivity index (χ1v) is 5.11. The third-order valence-corrected chi connectivity index (χ3v) is 2.30. The fraction of sp³-hybridized carbons (Fsp3) is 0.300. The number of halogens is 2. The van der Waals surface area contributed by atoms with Crippen LogP contribution in [0.3, 0.4) is 0 Å². The number of benzene rings is 1. The zero-order valence-electron chi connectivity index (χ0n) is 10.1. The summed E-state index contributed by atoms with van der Waals surface area (Å²) in [4.78, 5) is 21.5. The quantitative estimate of drug-likeness (QED) is 0.430. The van der Waals surface area contributed by atoms with Crippen LogP contribution in [0.2, 0.25) is 0 Å². The maximum Gasteiger partial charge on any atom is 0.295 e. The van der Waals surface area contributed by atoms with Gasteiger partial charge >= 0.3 is 0 Å². The van der Waals surface area contributed by atoms with E-state index in [1.54, 1.807) is 6.92 Å². The van der Waals surface area contributed by atoms with Gasteiger partial charge in [0.25, 0.3) is 11.6 Å². The summed E-state index contributed by atoms with van der Waals surface area (Å²) in [5, 5.41) is 13.1. The summed E-state index contributed by atoms with van der Waals surface area (Å²) in [5.74, 6) is -1.60.